The molecule has 3 aromatic rings. The number of carboxylic acids is 1. The monoisotopic (exact) mass is 270 g/mol. The summed E-state index contributed by atoms with van der Waals surface area (Å²) in [5.41, 5.74) is 2.76. The predicted molar refractivity (Wildman–Crippen MR) is 73.6 cm³/mol. The molecule has 6 heteroatoms. The van der Waals surface area contributed by atoms with Gasteiger partial charge in [0.15, 0.2) is 0 Å². The van der Waals surface area contributed by atoms with Crippen molar-refractivity contribution in [3.63, 3.8) is 0 Å². The fourth-order valence-corrected chi connectivity index (χ4v) is 2.29. The molecule has 1 N–H and O–H groups in total. The first-order valence-corrected chi connectivity index (χ1v) is 6.30. The summed E-state index contributed by atoms with van der Waals surface area (Å²) < 4.78 is 3.73. The number of hydrogen-bond acceptors (Lipinski definition) is 3. The van der Waals surface area contributed by atoms with E-state index in [0.29, 0.717) is 5.52 Å². The molecule has 20 heavy (non-hydrogen) atoms. The van der Waals surface area contributed by atoms with Gasteiger partial charge in [0.1, 0.15) is 5.52 Å². The third-order valence-corrected chi connectivity index (χ3v) is 3.28. The summed E-state index contributed by atoms with van der Waals surface area (Å²) in [5.74, 6) is -0.951. The second-order valence-corrected chi connectivity index (χ2v) is 4.69. The van der Waals surface area contributed by atoms with Gasteiger partial charge in [0.2, 0.25) is 0 Å². The minimum absolute atomic E-state index is 0.239. The lowest BCUT2D eigenvalue weighted by atomic mass is 10.2. The minimum atomic E-state index is -0.951. The van der Waals surface area contributed by atoms with Gasteiger partial charge in [-0.15, -0.1) is 0 Å². The second-order valence-electron chi connectivity index (χ2n) is 4.69. The van der Waals surface area contributed by atoms with Gasteiger partial charge in [-0.25, -0.2) is 9.78 Å². The van der Waals surface area contributed by atoms with Crippen LogP contribution in [0, 0.1) is 0 Å². The number of para-hydroxylation sites is 1. The Morgan fingerprint density at radius 2 is 2.25 bits per heavy atom. The van der Waals surface area contributed by atoms with Crippen LogP contribution in [0.4, 0.5) is 0 Å². The molecular weight excluding hydrogens is 256 g/mol. The van der Waals surface area contributed by atoms with Gasteiger partial charge in [0, 0.05) is 19.8 Å². The molecule has 0 bridgehead atoms. The van der Waals surface area contributed by atoms with E-state index < -0.39 is 5.97 Å². The largest absolute Gasteiger partial charge is 0.478 e. The number of benzene rings is 1. The molecule has 0 aliphatic rings. The summed E-state index contributed by atoms with van der Waals surface area (Å²) in [5, 5.41) is 13.3. The van der Waals surface area contributed by atoms with Crippen molar-refractivity contribution in [1.82, 2.24) is 19.3 Å². The molecule has 0 radical (unpaired) electrons. The van der Waals surface area contributed by atoms with Crippen LogP contribution in [-0.4, -0.2) is 30.4 Å². The van der Waals surface area contributed by atoms with Gasteiger partial charge in [-0.05, 0) is 24.1 Å². The quantitative estimate of drug-likeness (QED) is 0.783. The fourth-order valence-electron chi connectivity index (χ4n) is 2.29. The highest BCUT2D eigenvalue weighted by Gasteiger charge is 2.12. The van der Waals surface area contributed by atoms with Crippen molar-refractivity contribution in [2.24, 2.45) is 7.05 Å². The van der Waals surface area contributed by atoms with E-state index in [1.54, 1.807) is 23.1 Å². The van der Waals surface area contributed by atoms with Crippen molar-refractivity contribution >= 4 is 17.0 Å². The molecule has 0 spiro atoms. The number of aromatic carboxylic acids is 1. The van der Waals surface area contributed by atoms with Gasteiger partial charge in [-0.3, -0.25) is 4.68 Å². The number of carboxylic acid groups (broad SMARTS) is 1. The zero-order valence-electron chi connectivity index (χ0n) is 11.0. The molecule has 1 aromatic carbocycles. The highest BCUT2D eigenvalue weighted by Crippen LogP contribution is 2.18. The molecule has 6 nitrogen and oxygen atoms in total. The molecule has 0 saturated carbocycles. The lowest BCUT2D eigenvalue weighted by molar-refractivity contribution is 0.0699. The summed E-state index contributed by atoms with van der Waals surface area (Å²) in [6.07, 6.45) is 6.33. The Hall–Kier alpha value is -2.63. The number of hydrogen-bond donors (Lipinski definition) is 1. The molecular formula is C14H14N4O2. The summed E-state index contributed by atoms with van der Waals surface area (Å²) in [4.78, 5) is 15.4. The van der Waals surface area contributed by atoms with Crippen LogP contribution in [0.5, 0.6) is 0 Å². The van der Waals surface area contributed by atoms with Crippen LogP contribution in [0.15, 0.2) is 36.9 Å². The van der Waals surface area contributed by atoms with Gasteiger partial charge in [0.05, 0.1) is 23.6 Å². The van der Waals surface area contributed by atoms with Gasteiger partial charge in [0.25, 0.3) is 0 Å². The average molecular weight is 270 g/mol. The van der Waals surface area contributed by atoms with Crippen LogP contribution in [0.2, 0.25) is 0 Å². The summed E-state index contributed by atoms with van der Waals surface area (Å²) in [7, 11) is 1.88. The lowest BCUT2D eigenvalue weighted by Crippen LogP contribution is -2.00. The number of rotatable bonds is 4. The number of imidazole rings is 1. The van der Waals surface area contributed by atoms with Crippen molar-refractivity contribution in [1.29, 1.82) is 0 Å². The summed E-state index contributed by atoms with van der Waals surface area (Å²) >= 11 is 0. The molecule has 0 aliphatic carbocycles. The predicted octanol–water partition coefficient (Wildman–Crippen LogP) is 1.71. The van der Waals surface area contributed by atoms with Gasteiger partial charge in [-0.1, -0.05) is 6.07 Å². The Balaban J connectivity index is 1.89. The smallest absolute Gasteiger partial charge is 0.337 e. The Kier molecular flexibility index (Phi) is 2.98. The van der Waals surface area contributed by atoms with Crippen LogP contribution >= 0.6 is 0 Å². The molecule has 0 aliphatic heterocycles. The van der Waals surface area contributed by atoms with Crippen molar-refractivity contribution < 1.29 is 9.90 Å². The number of carbonyl (C=O) groups is 1. The Morgan fingerprint density at radius 3 is 2.95 bits per heavy atom. The van der Waals surface area contributed by atoms with Crippen molar-refractivity contribution in [3.05, 3.63) is 48.0 Å². The van der Waals surface area contributed by atoms with E-state index in [9.17, 15) is 4.79 Å². The number of aromatic nitrogens is 4. The zero-order chi connectivity index (χ0) is 14.1. The molecule has 0 atom stereocenters. The first-order chi connectivity index (χ1) is 9.65. The molecule has 0 unspecified atom stereocenters. The number of aryl methyl sites for hydroxylation is 3. The van der Waals surface area contributed by atoms with Crippen LogP contribution in [0.1, 0.15) is 15.9 Å². The van der Waals surface area contributed by atoms with E-state index in [1.165, 1.54) is 0 Å². The van der Waals surface area contributed by atoms with E-state index in [-0.39, 0.29) is 5.56 Å². The lowest BCUT2D eigenvalue weighted by Gasteiger charge is -2.03. The zero-order valence-corrected chi connectivity index (χ0v) is 11.0. The topological polar surface area (TPSA) is 72.9 Å². The second kappa shape index (κ2) is 4.80. The Bertz CT molecular complexity index is 772. The summed E-state index contributed by atoms with van der Waals surface area (Å²) in [6.45, 7) is 0.741. The highest BCUT2D eigenvalue weighted by atomic mass is 16.4. The molecule has 2 aromatic heterocycles. The van der Waals surface area contributed by atoms with E-state index in [2.05, 4.69) is 10.1 Å². The average Bonchev–Trinajstić information content (AvgIpc) is 3.02. The maximum absolute atomic E-state index is 11.1. The summed E-state index contributed by atoms with van der Waals surface area (Å²) in [6, 6.07) is 5.20. The molecule has 0 saturated heterocycles. The number of fused-ring (bicyclic) bond motifs is 1. The molecule has 102 valence electrons. The van der Waals surface area contributed by atoms with E-state index in [1.807, 2.05) is 30.1 Å². The van der Waals surface area contributed by atoms with Crippen LogP contribution in [-0.2, 0) is 20.0 Å². The van der Waals surface area contributed by atoms with Crippen LogP contribution < -0.4 is 0 Å². The SMILES string of the molecule is Cn1cc(CCn2cnc3c(C(=O)O)cccc32)cn1. The molecule has 3 rings (SSSR count). The first kappa shape index (κ1) is 12.4. The third-order valence-electron chi connectivity index (χ3n) is 3.28. The molecule has 2 heterocycles. The third kappa shape index (κ3) is 2.16. The van der Waals surface area contributed by atoms with Crippen LogP contribution in [0.25, 0.3) is 11.0 Å². The van der Waals surface area contributed by atoms with Gasteiger partial charge in [-0.2, -0.15) is 5.10 Å². The maximum Gasteiger partial charge on any atom is 0.337 e. The highest BCUT2D eigenvalue weighted by molar-refractivity contribution is 6.00. The Morgan fingerprint density at radius 1 is 1.40 bits per heavy atom. The van der Waals surface area contributed by atoms with E-state index >= 15 is 0 Å². The van der Waals surface area contributed by atoms with Gasteiger partial charge >= 0.3 is 5.97 Å². The minimum Gasteiger partial charge on any atom is -0.478 e. The number of nitrogens with zero attached hydrogens (tertiary/aromatic N) is 4. The maximum atomic E-state index is 11.1. The molecule has 0 amide bonds. The van der Waals surface area contributed by atoms with Gasteiger partial charge < -0.3 is 9.67 Å². The fraction of sp³-hybridized carbons (Fsp3) is 0.214. The Labute approximate surface area is 115 Å². The van der Waals surface area contributed by atoms with E-state index in [0.717, 1.165) is 24.0 Å². The van der Waals surface area contributed by atoms with Crippen LogP contribution in [0.3, 0.4) is 0 Å². The van der Waals surface area contributed by atoms with Crippen molar-refractivity contribution in [2.45, 2.75) is 13.0 Å². The molecule has 0 fully saturated rings. The standard InChI is InChI=1S/C14H14N4O2/c1-17-8-10(7-16-17)5-6-18-9-15-13-11(14(19)20)3-2-4-12(13)18/h2-4,7-9H,5-6H2,1H3,(H,19,20). The van der Waals surface area contributed by atoms with E-state index in [4.69, 9.17) is 5.11 Å². The van der Waals surface area contributed by atoms with Crippen molar-refractivity contribution in [3.8, 4) is 0 Å². The normalized spacial score (nSPS) is 11.1. The van der Waals surface area contributed by atoms with Crippen molar-refractivity contribution in [2.75, 3.05) is 0 Å². The first-order valence-electron chi connectivity index (χ1n) is 6.30.